The summed E-state index contributed by atoms with van der Waals surface area (Å²) >= 11 is 0. The number of nitrogens with two attached hydrogens (primary N) is 1. The molecule has 1 aromatic rings. The van der Waals surface area contributed by atoms with Crippen LogP contribution in [0.5, 0.6) is 5.75 Å². The van der Waals surface area contributed by atoms with Gasteiger partial charge in [0.15, 0.2) is 11.7 Å². The third kappa shape index (κ3) is 10.5. The van der Waals surface area contributed by atoms with E-state index in [1.54, 1.807) is 6.07 Å². The monoisotopic (exact) mass is 461 g/mol. The number of hydrogen-bond donors (Lipinski definition) is 2. The maximum Gasteiger partial charge on any atom is 0.573 e. The van der Waals surface area contributed by atoms with Crippen LogP contribution in [0.3, 0.4) is 0 Å². The molecule has 0 saturated carbocycles. The van der Waals surface area contributed by atoms with E-state index in [0.717, 1.165) is 19.4 Å². The van der Waals surface area contributed by atoms with Gasteiger partial charge in [0.05, 0.1) is 5.69 Å². The number of unbranched alkanes of at least 4 members (excludes halogenated alkanes) is 1. The Labute approximate surface area is 156 Å². The number of halogens is 4. The summed E-state index contributed by atoms with van der Waals surface area (Å²) in [6.45, 7) is 3.80. The smallest absolute Gasteiger partial charge is 0.404 e. The van der Waals surface area contributed by atoms with E-state index < -0.39 is 6.36 Å². The molecule has 0 amide bonds. The molecule has 0 aromatic heterocycles. The normalized spacial score (nSPS) is 11.8. The summed E-state index contributed by atoms with van der Waals surface area (Å²) < 4.78 is 46.2. The molecule has 0 saturated heterocycles. The fraction of sp³-hybridized carbons (Fsp3) is 0.533. The van der Waals surface area contributed by atoms with Crippen molar-refractivity contribution >= 4 is 35.6 Å². The molecule has 0 aliphatic rings. The second-order valence-corrected chi connectivity index (χ2v) is 4.76. The van der Waals surface area contributed by atoms with Crippen LogP contribution in [0.25, 0.3) is 0 Å². The van der Waals surface area contributed by atoms with E-state index in [-0.39, 0.29) is 41.4 Å². The minimum Gasteiger partial charge on any atom is -0.404 e. The molecule has 0 fully saturated rings. The Morgan fingerprint density at radius 3 is 2.54 bits per heavy atom. The highest BCUT2D eigenvalue weighted by atomic mass is 127. The number of nitrogens with one attached hydrogen (secondary N) is 1. The third-order valence-electron chi connectivity index (χ3n) is 2.75. The number of alkyl halides is 3. The number of guanidine groups is 1. The highest BCUT2D eigenvalue weighted by Gasteiger charge is 2.32. The van der Waals surface area contributed by atoms with E-state index >= 15 is 0 Å². The van der Waals surface area contributed by atoms with Crippen molar-refractivity contribution in [1.29, 1.82) is 0 Å². The van der Waals surface area contributed by atoms with Gasteiger partial charge in [0, 0.05) is 19.8 Å². The number of anilines is 1. The third-order valence-corrected chi connectivity index (χ3v) is 2.75. The summed E-state index contributed by atoms with van der Waals surface area (Å²) in [4.78, 5) is 4.04. The number of nitrogens with zero attached hydrogens (tertiary/aromatic N) is 1. The number of benzene rings is 1. The zero-order valence-electron chi connectivity index (χ0n) is 13.4. The van der Waals surface area contributed by atoms with E-state index in [4.69, 9.17) is 10.5 Å². The molecule has 0 radical (unpaired) electrons. The number of para-hydroxylation sites is 2. The van der Waals surface area contributed by atoms with Crippen LogP contribution in [-0.4, -0.2) is 32.1 Å². The summed E-state index contributed by atoms with van der Waals surface area (Å²) in [5, 5.41) is 2.61. The molecule has 0 spiro atoms. The molecule has 0 heterocycles. The Hall–Kier alpha value is -1.23. The lowest BCUT2D eigenvalue weighted by Crippen LogP contribution is -2.24. The zero-order chi connectivity index (χ0) is 17.1. The van der Waals surface area contributed by atoms with Crippen molar-refractivity contribution in [3.05, 3.63) is 24.3 Å². The van der Waals surface area contributed by atoms with E-state index in [0.29, 0.717) is 19.6 Å². The quantitative estimate of drug-likeness (QED) is 0.251. The molecule has 9 heteroatoms. The van der Waals surface area contributed by atoms with Crippen molar-refractivity contribution < 1.29 is 22.6 Å². The second-order valence-electron chi connectivity index (χ2n) is 4.76. The summed E-state index contributed by atoms with van der Waals surface area (Å²) in [7, 11) is 0. The molecule has 0 aliphatic heterocycles. The predicted octanol–water partition coefficient (Wildman–Crippen LogP) is 4.14. The first-order chi connectivity index (χ1) is 10.9. The average molecular weight is 461 g/mol. The van der Waals surface area contributed by atoms with Crippen LogP contribution >= 0.6 is 24.0 Å². The van der Waals surface area contributed by atoms with Crippen LogP contribution < -0.4 is 15.8 Å². The maximum absolute atomic E-state index is 12.3. The van der Waals surface area contributed by atoms with Gasteiger partial charge in [-0.3, -0.25) is 4.99 Å². The Kier molecular flexibility index (Phi) is 11.6. The van der Waals surface area contributed by atoms with Crippen molar-refractivity contribution in [2.75, 3.05) is 25.1 Å². The molecule has 3 N–H and O–H groups in total. The molecular weight excluding hydrogens is 438 g/mol. The van der Waals surface area contributed by atoms with E-state index in [1.807, 2.05) is 0 Å². The lowest BCUT2D eigenvalue weighted by Gasteiger charge is -2.14. The number of ether oxygens (including phenoxy) is 2. The van der Waals surface area contributed by atoms with Gasteiger partial charge in [0.2, 0.25) is 0 Å². The van der Waals surface area contributed by atoms with Gasteiger partial charge in [0.25, 0.3) is 0 Å². The molecule has 0 unspecified atom stereocenters. The Morgan fingerprint density at radius 2 is 1.88 bits per heavy atom. The molecule has 5 nitrogen and oxygen atoms in total. The molecule has 0 aliphatic carbocycles. The fourth-order valence-electron chi connectivity index (χ4n) is 1.68. The Morgan fingerprint density at radius 1 is 1.21 bits per heavy atom. The van der Waals surface area contributed by atoms with Gasteiger partial charge in [-0.25, -0.2) is 0 Å². The number of aliphatic imine (C=N–C) groups is 1. The van der Waals surface area contributed by atoms with Crippen LogP contribution in [0, 0.1) is 0 Å². The van der Waals surface area contributed by atoms with Gasteiger partial charge in [-0.2, -0.15) is 0 Å². The largest absolute Gasteiger partial charge is 0.573 e. The summed E-state index contributed by atoms with van der Waals surface area (Å²) in [5.41, 5.74) is 5.76. The lowest BCUT2D eigenvalue weighted by molar-refractivity contribution is -0.274. The number of rotatable bonds is 9. The van der Waals surface area contributed by atoms with Crippen molar-refractivity contribution in [2.45, 2.75) is 32.5 Å². The highest BCUT2D eigenvalue weighted by molar-refractivity contribution is 14.0. The Balaban J connectivity index is 0.00000529. The van der Waals surface area contributed by atoms with Crippen LogP contribution in [-0.2, 0) is 4.74 Å². The zero-order valence-corrected chi connectivity index (χ0v) is 15.8. The molecule has 24 heavy (non-hydrogen) atoms. The molecule has 138 valence electrons. The van der Waals surface area contributed by atoms with Gasteiger partial charge in [0.1, 0.15) is 0 Å². The molecule has 0 bridgehead atoms. The summed E-state index contributed by atoms with van der Waals surface area (Å²) in [5.74, 6) is -0.335. The first-order valence-corrected chi connectivity index (χ1v) is 7.42. The highest BCUT2D eigenvalue weighted by Crippen LogP contribution is 2.29. The average Bonchev–Trinajstić information content (AvgIpc) is 2.47. The SMILES string of the molecule is CCCCOCCCN=C(N)Nc1ccccc1OC(F)(F)F.I. The first-order valence-electron chi connectivity index (χ1n) is 7.42. The minimum atomic E-state index is -4.76. The number of hydrogen-bond acceptors (Lipinski definition) is 3. The van der Waals surface area contributed by atoms with Crippen molar-refractivity contribution in [3.63, 3.8) is 0 Å². The maximum atomic E-state index is 12.3. The van der Waals surface area contributed by atoms with Gasteiger partial charge < -0.3 is 20.5 Å². The first kappa shape index (κ1) is 22.8. The van der Waals surface area contributed by atoms with Crippen molar-refractivity contribution in [2.24, 2.45) is 10.7 Å². The summed E-state index contributed by atoms with van der Waals surface area (Å²) in [6, 6.07) is 5.63. The predicted molar refractivity (Wildman–Crippen MR) is 99.0 cm³/mol. The molecular formula is C15H23F3IN3O2. The second kappa shape index (κ2) is 12.2. The standard InChI is InChI=1S/C15H22F3N3O2.HI/c1-2-3-10-22-11-6-9-20-14(19)21-12-7-4-5-8-13(12)23-15(16,17)18;/h4-5,7-8H,2-3,6,9-11H2,1H3,(H3,19,20,21);1H. The Bertz CT molecular complexity index is 499. The summed E-state index contributed by atoms with van der Waals surface area (Å²) in [6.07, 6.45) is -1.98. The minimum absolute atomic E-state index is 0. The van der Waals surface area contributed by atoms with Crippen molar-refractivity contribution in [1.82, 2.24) is 0 Å². The molecule has 0 atom stereocenters. The van der Waals surface area contributed by atoms with E-state index in [1.165, 1.54) is 18.2 Å². The van der Waals surface area contributed by atoms with E-state index in [2.05, 4.69) is 22.0 Å². The van der Waals surface area contributed by atoms with Gasteiger partial charge in [-0.15, -0.1) is 37.1 Å². The van der Waals surface area contributed by atoms with Gasteiger partial charge in [-0.05, 0) is 25.0 Å². The van der Waals surface area contributed by atoms with Crippen LogP contribution in [0.15, 0.2) is 29.3 Å². The van der Waals surface area contributed by atoms with Gasteiger partial charge in [-0.1, -0.05) is 25.5 Å². The van der Waals surface area contributed by atoms with Crippen molar-refractivity contribution in [3.8, 4) is 5.75 Å². The van der Waals surface area contributed by atoms with Crippen LogP contribution in [0.2, 0.25) is 0 Å². The topological polar surface area (TPSA) is 68.9 Å². The van der Waals surface area contributed by atoms with Gasteiger partial charge >= 0.3 is 6.36 Å². The fourth-order valence-corrected chi connectivity index (χ4v) is 1.68. The molecule has 1 aromatic carbocycles. The lowest BCUT2D eigenvalue weighted by atomic mass is 10.3. The molecule has 1 rings (SSSR count). The van der Waals surface area contributed by atoms with Crippen LogP contribution in [0.4, 0.5) is 18.9 Å². The van der Waals surface area contributed by atoms with E-state index in [9.17, 15) is 13.2 Å². The van der Waals surface area contributed by atoms with Crippen LogP contribution in [0.1, 0.15) is 26.2 Å².